The molecule has 1 amide bonds. The molecule has 0 radical (unpaired) electrons. The third kappa shape index (κ3) is 4.26. The molecule has 0 aliphatic heterocycles. The van der Waals surface area contributed by atoms with Gasteiger partial charge in [0.05, 0.1) is 17.2 Å². The van der Waals surface area contributed by atoms with Crippen molar-refractivity contribution >= 4 is 22.9 Å². The van der Waals surface area contributed by atoms with Crippen LogP contribution in [0.4, 0.5) is 10.1 Å². The Morgan fingerprint density at radius 1 is 1.33 bits per heavy atom. The number of hydrogen-bond donors (Lipinski definition) is 1. The maximum Gasteiger partial charge on any atom is 0.219 e. The first-order chi connectivity index (χ1) is 9.95. The second kappa shape index (κ2) is 6.67. The fraction of sp³-hybridized carbons (Fsp3) is 0.333. The van der Waals surface area contributed by atoms with Crippen molar-refractivity contribution in [2.45, 2.75) is 26.8 Å². The highest BCUT2D eigenvalue weighted by Gasteiger charge is 2.13. The summed E-state index contributed by atoms with van der Waals surface area (Å²) in [7, 11) is 0. The van der Waals surface area contributed by atoms with E-state index in [-0.39, 0.29) is 18.1 Å². The molecule has 0 spiro atoms. The number of rotatable bonds is 6. The van der Waals surface area contributed by atoms with Gasteiger partial charge in [-0.25, -0.2) is 9.37 Å². The Morgan fingerprint density at radius 2 is 2.00 bits per heavy atom. The van der Waals surface area contributed by atoms with Gasteiger partial charge in [0.25, 0.3) is 0 Å². The molecule has 4 nitrogen and oxygen atoms in total. The van der Waals surface area contributed by atoms with Gasteiger partial charge < -0.3 is 10.6 Å². The van der Waals surface area contributed by atoms with Crippen LogP contribution in [0, 0.1) is 19.7 Å². The summed E-state index contributed by atoms with van der Waals surface area (Å²) in [5, 5.41) is 1.01. The molecule has 0 unspecified atom stereocenters. The standard InChI is InChI=1S/C15H18FN3OS/c1-10-14(21-11(2)18-10)9-19(8-7-15(17)20)13-5-3-12(16)4-6-13/h3-6H,7-9H2,1-2H3,(H2,17,20). The summed E-state index contributed by atoms with van der Waals surface area (Å²) < 4.78 is 13.1. The van der Waals surface area contributed by atoms with Crippen LogP contribution in [0.1, 0.15) is 22.0 Å². The molecule has 2 rings (SSSR count). The second-order valence-corrected chi connectivity index (χ2v) is 6.14. The number of amides is 1. The number of anilines is 1. The van der Waals surface area contributed by atoms with Crippen molar-refractivity contribution < 1.29 is 9.18 Å². The molecule has 21 heavy (non-hydrogen) atoms. The lowest BCUT2D eigenvalue weighted by molar-refractivity contribution is -0.117. The van der Waals surface area contributed by atoms with Crippen LogP contribution >= 0.6 is 11.3 Å². The molecule has 0 bridgehead atoms. The van der Waals surface area contributed by atoms with Gasteiger partial charge in [-0.15, -0.1) is 11.3 Å². The highest BCUT2D eigenvalue weighted by Crippen LogP contribution is 2.23. The van der Waals surface area contributed by atoms with Crippen molar-refractivity contribution in [3.05, 3.63) is 45.7 Å². The van der Waals surface area contributed by atoms with Crippen LogP contribution in [0.2, 0.25) is 0 Å². The SMILES string of the molecule is Cc1nc(C)c(CN(CCC(N)=O)c2ccc(F)cc2)s1. The second-order valence-electron chi connectivity index (χ2n) is 4.86. The van der Waals surface area contributed by atoms with E-state index in [0.29, 0.717) is 13.1 Å². The Labute approximate surface area is 127 Å². The van der Waals surface area contributed by atoms with Gasteiger partial charge in [0.15, 0.2) is 0 Å². The lowest BCUT2D eigenvalue weighted by atomic mass is 10.2. The van der Waals surface area contributed by atoms with E-state index in [9.17, 15) is 9.18 Å². The van der Waals surface area contributed by atoms with E-state index < -0.39 is 0 Å². The molecular weight excluding hydrogens is 289 g/mol. The van der Waals surface area contributed by atoms with E-state index in [1.54, 1.807) is 23.5 Å². The first-order valence-electron chi connectivity index (χ1n) is 6.67. The normalized spacial score (nSPS) is 10.6. The number of aryl methyl sites for hydroxylation is 2. The number of carbonyl (C=O) groups excluding carboxylic acids is 1. The zero-order valence-electron chi connectivity index (χ0n) is 12.1. The predicted octanol–water partition coefficient (Wildman–Crippen LogP) is 2.78. The largest absolute Gasteiger partial charge is 0.370 e. The van der Waals surface area contributed by atoms with Gasteiger partial charge in [-0.3, -0.25) is 4.79 Å². The lowest BCUT2D eigenvalue weighted by Crippen LogP contribution is -2.27. The van der Waals surface area contributed by atoms with Gasteiger partial charge in [-0.1, -0.05) is 0 Å². The van der Waals surface area contributed by atoms with Gasteiger partial charge >= 0.3 is 0 Å². The average molecular weight is 307 g/mol. The van der Waals surface area contributed by atoms with Crippen LogP contribution in [0.5, 0.6) is 0 Å². The zero-order chi connectivity index (χ0) is 15.4. The van der Waals surface area contributed by atoms with Crippen LogP contribution in [-0.4, -0.2) is 17.4 Å². The van der Waals surface area contributed by atoms with Crippen molar-refractivity contribution in [2.75, 3.05) is 11.4 Å². The first-order valence-corrected chi connectivity index (χ1v) is 7.49. The summed E-state index contributed by atoms with van der Waals surface area (Å²) in [6, 6.07) is 6.24. The summed E-state index contributed by atoms with van der Waals surface area (Å²) in [5.74, 6) is -0.627. The molecule has 0 aliphatic rings. The number of carbonyl (C=O) groups is 1. The molecule has 0 saturated carbocycles. The number of benzene rings is 1. The smallest absolute Gasteiger partial charge is 0.219 e. The Bertz CT molecular complexity index is 624. The van der Waals surface area contributed by atoms with Crippen molar-refractivity contribution in [3.8, 4) is 0 Å². The fourth-order valence-electron chi connectivity index (χ4n) is 2.09. The quantitative estimate of drug-likeness (QED) is 0.892. The lowest BCUT2D eigenvalue weighted by Gasteiger charge is -2.24. The van der Waals surface area contributed by atoms with Crippen molar-refractivity contribution in [1.29, 1.82) is 0 Å². The van der Waals surface area contributed by atoms with Gasteiger partial charge in [-0.2, -0.15) is 0 Å². The monoisotopic (exact) mass is 307 g/mol. The number of hydrogen-bond acceptors (Lipinski definition) is 4. The highest BCUT2D eigenvalue weighted by molar-refractivity contribution is 7.11. The van der Waals surface area contributed by atoms with Crippen LogP contribution in [-0.2, 0) is 11.3 Å². The van der Waals surface area contributed by atoms with E-state index in [1.165, 1.54) is 12.1 Å². The Balaban J connectivity index is 2.21. The average Bonchev–Trinajstić information content (AvgIpc) is 2.73. The van der Waals surface area contributed by atoms with Crippen LogP contribution in [0.15, 0.2) is 24.3 Å². The third-order valence-corrected chi connectivity index (χ3v) is 4.21. The van der Waals surface area contributed by atoms with Crippen molar-refractivity contribution in [1.82, 2.24) is 4.98 Å². The van der Waals surface area contributed by atoms with E-state index in [4.69, 9.17) is 5.73 Å². The van der Waals surface area contributed by atoms with E-state index in [1.807, 2.05) is 18.7 Å². The van der Waals surface area contributed by atoms with E-state index in [0.717, 1.165) is 21.3 Å². The minimum atomic E-state index is -0.348. The number of halogens is 1. The molecule has 112 valence electrons. The number of nitrogens with zero attached hydrogens (tertiary/aromatic N) is 2. The van der Waals surface area contributed by atoms with Crippen molar-refractivity contribution in [2.24, 2.45) is 5.73 Å². The molecule has 1 aromatic heterocycles. The summed E-state index contributed by atoms with van der Waals surface area (Å²) in [6.45, 7) is 5.07. The van der Waals surface area contributed by atoms with Gasteiger partial charge in [-0.05, 0) is 38.1 Å². The Morgan fingerprint density at radius 3 is 2.52 bits per heavy atom. The summed E-state index contributed by atoms with van der Waals surface area (Å²) in [4.78, 5) is 18.6. The van der Waals surface area contributed by atoms with Gasteiger partial charge in [0, 0.05) is 23.5 Å². The molecule has 1 aromatic carbocycles. The maximum atomic E-state index is 13.1. The number of thiazole rings is 1. The molecule has 0 aliphatic carbocycles. The third-order valence-electron chi connectivity index (χ3n) is 3.15. The number of nitrogens with two attached hydrogens (primary N) is 1. The minimum absolute atomic E-state index is 0.258. The molecule has 0 fully saturated rings. The molecule has 0 atom stereocenters. The predicted molar refractivity (Wildman–Crippen MR) is 82.8 cm³/mol. The molecular formula is C15H18FN3OS. The van der Waals surface area contributed by atoms with Crippen LogP contribution in [0.25, 0.3) is 0 Å². The Hall–Kier alpha value is -1.95. The zero-order valence-corrected chi connectivity index (χ0v) is 12.9. The first kappa shape index (κ1) is 15.4. The molecule has 1 heterocycles. The topological polar surface area (TPSA) is 59.2 Å². The Kier molecular flexibility index (Phi) is 4.90. The van der Waals surface area contributed by atoms with E-state index in [2.05, 4.69) is 4.98 Å². The van der Waals surface area contributed by atoms with E-state index >= 15 is 0 Å². The molecule has 6 heteroatoms. The summed E-state index contributed by atoms with van der Waals surface area (Å²) >= 11 is 1.63. The van der Waals surface area contributed by atoms with Crippen LogP contribution < -0.4 is 10.6 Å². The van der Waals surface area contributed by atoms with Crippen molar-refractivity contribution in [3.63, 3.8) is 0 Å². The minimum Gasteiger partial charge on any atom is -0.370 e. The highest BCUT2D eigenvalue weighted by atomic mass is 32.1. The summed E-state index contributed by atoms with van der Waals surface area (Å²) in [6.07, 6.45) is 0.258. The summed E-state index contributed by atoms with van der Waals surface area (Å²) in [5.41, 5.74) is 7.09. The number of aromatic nitrogens is 1. The molecule has 2 N–H and O–H groups in total. The maximum absolute atomic E-state index is 13.1. The van der Waals surface area contributed by atoms with Crippen LogP contribution in [0.3, 0.4) is 0 Å². The van der Waals surface area contributed by atoms with Gasteiger partial charge in [0.1, 0.15) is 5.82 Å². The number of primary amides is 1. The fourth-order valence-corrected chi connectivity index (χ4v) is 3.04. The molecule has 2 aromatic rings. The van der Waals surface area contributed by atoms with Gasteiger partial charge in [0.2, 0.25) is 5.91 Å². The molecule has 0 saturated heterocycles.